The summed E-state index contributed by atoms with van der Waals surface area (Å²) in [5.74, 6) is 0.768. The smallest absolute Gasteiger partial charge is 0.225 e. The van der Waals surface area contributed by atoms with Crippen molar-refractivity contribution in [3.05, 3.63) is 17.5 Å². The highest BCUT2D eigenvalue weighted by Crippen LogP contribution is 2.22. The van der Waals surface area contributed by atoms with Crippen LogP contribution >= 0.6 is 0 Å². The molecule has 2 atom stereocenters. The summed E-state index contributed by atoms with van der Waals surface area (Å²) in [6, 6.07) is 0.701. The van der Waals surface area contributed by atoms with Gasteiger partial charge in [0, 0.05) is 57.3 Å². The van der Waals surface area contributed by atoms with E-state index in [1.807, 2.05) is 13.1 Å². The monoisotopic (exact) mass is 292 g/mol. The van der Waals surface area contributed by atoms with Gasteiger partial charge in [0.25, 0.3) is 0 Å². The van der Waals surface area contributed by atoms with E-state index >= 15 is 0 Å². The summed E-state index contributed by atoms with van der Waals surface area (Å²) in [6.45, 7) is 4.45. The number of hydrogen-bond donors (Lipinski definition) is 1. The normalized spacial score (nSPS) is 25.6. The maximum absolute atomic E-state index is 5.46. The summed E-state index contributed by atoms with van der Waals surface area (Å²) in [7, 11) is 3.44. The van der Waals surface area contributed by atoms with E-state index in [0.29, 0.717) is 6.04 Å². The van der Waals surface area contributed by atoms with Crippen LogP contribution in [0.15, 0.2) is 6.20 Å². The number of methoxy groups -OCH3 is 2. The Morgan fingerprint density at radius 1 is 1.24 bits per heavy atom. The fourth-order valence-electron chi connectivity index (χ4n) is 2.71. The third-order valence-corrected chi connectivity index (χ3v) is 4.33. The van der Waals surface area contributed by atoms with Crippen LogP contribution in [0.2, 0.25) is 0 Å². The van der Waals surface area contributed by atoms with E-state index in [2.05, 4.69) is 20.2 Å². The van der Waals surface area contributed by atoms with Gasteiger partial charge in [0.1, 0.15) is 12.2 Å². The first kappa shape index (κ1) is 14.7. The Labute approximate surface area is 125 Å². The second-order valence-electron chi connectivity index (χ2n) is 5.89. The maximum Gasteiger partial charge on any atom is 0.225 e. The zero-order chi connectivity index (χ0) is 14.8. The van der Waals surface area contributed by atoms with Gasteiger partial charge in [0.05, 0.1) is 0 Å². The van der Waals surface area contributed by atoms with Gasteiger partial charge in [0.15, 0.2) is 0 Å². The lowest BCUT2D eigenvalue weighted by Gasteiger charge is -2.17. The molecule has 0 spiro atoms. The molecule has 1 N–H and O–H groups in total. The lowest BCUT2D eigenvalue weighted by Crippen LogP contribution is -2.27. The van der Waals surface area contributed by atoms with Crippen molar-refractivity contribution in [3.63, 3.8) is 0 Å². The highest BCUT2D eigenvalue weighted by atomic mass is 16.5. The van der Waals surface area contributed by atoms with E-state index in [9.17, 15) is 0 Å². The second-order valence-corrected chi connectivity index (χ2v) is 5.89. The first-order valence-electron chi connectivity index (χ1n) is 7.57. The fraction of sp³-hybridized carbons (Fsp3) is 0.733. The van der Waals surface area contributed by atoms with Crippen LogP contribution in [0.5, 0.6) is 0 Å². The van der Waals surface area contributed by atoms with Crippen molar-refractivity contribution >= 4 is 5.95 Å². The molecule has 0 radical (unpaired) electrons. The molecule has 0 bridgehead atoms. The molecule has 6 nitrogen and oxygen atoms in total. The Bertz CT molecular complexity index is 481. The quantitative estimate of drug-likeness (QED) is 0.840. The predicted molar refractivity (Wildman–Crippen MR) is 80.4 cm³/mol. The summed E-state index contributed by atoms with van der Waals surface area (Å²) in [5.41, 5.74) is 2.22. The highest BCUT2D eigenvalue weighted by molar-refractivity contribution is 5.35. The molecule has 2 unspecified atom stereocenters. The molecule has 1 aromatic heterocycles. The molecule has 3 rings (SSSR count). The van der Waals surface area contributed by atoms with E-state index < -0.39 is 0 Å². The summed E-state index contributed by atoms with van der Waals surface area (Å²) < 4.78 is 10.9. The van der Waals surface area contributed by atoms with Crippen molar-refractivity contribution < 1.29 is 9.47 Å². The van der Waals surface area contributed by atoms with E-state index in [0.717, 1.165) is 31.3 Å². The molecule has 2 heterocycles. The number of nitrogens with one attached hydrogen (secondary N) is 1. The van der Waals surface area contributed by atoms with Crippen LogP contribution in [-0.2, 0) is 16.0 Å². The molecule has 0 aromatic carbocycles. The van der Waals surface area contributed by atoms with Gasteiger partial charge in [-0.1, -0.05) is 0 Å². The topological polar surface area (TPSA) is 59.5 Å². The molecule has 1 aliphatic heterocycles. The van der Waals surface area contributed by atoms with Crippen molar-refractivity contribution in [2.24, 2.45) is 0 Å². The maximum atomic E-state index is 5.46. The standard InChI is InChI=1S/C15H24N4O2/c1-10-11(6-16-12-4-5-12)7-17-15(18-10)19-8-13(20-2)14(9-19)21-3/h7,12-14,16H,4-6,8-9H2,1-3H3. The number of aromatic nitrogens is 2. The van der Waals surface area contributed by atoms with Crippen LogP contribution in [-0.4, -0.2) is 55.5 Å². The van der Waals surface area contributed by atoms with Gasteiger partial charge in [-0.25, -0.2) is 9.97 Å². The summed E-state index contributed by atoms with van der Waals surface area (Å²) >= 11 is 0. The van der Waals surface area contributed by atoms with Gasteiger partial charge >= 0.3 is 0 Å². The predicted octanol–water partition coefficient (Wildman–Crippen LogP) is 0.887. The van der Waals surface area contributed by atoms with Gasteiger partial charge in [-0.05, 0) is 19.8 Å². The molecule has 1 saturated carbocycles. The minimum absolute atomic E-state index is 0.0788. The number of aryl methyl sites for hydroxylation is 1. The minimum Gasteiger partial charge on any atom is -0.377 e. The average Bonchev–Trinajstić information content (AvgIpc) is 3.23. The molecule has 2 aliphatic rings. The van der Waals surface area contributed by atoms with Crippen molar-refractivity contribution in [1.29, 1.82) is 0 Å². The van der Waals surface area contributed by atoms with Crippen LogP contribution in [0, 0.1) is 6.92 Å². The SMILES string of the molecule is COC1CN(c2ncc(CNC3CC3)c(C)n2)CC1OC. The van der Waals surface area contributed by atoms with E-state index in [-0.39, 0.29) is 12.2 Å². The summed E-state index contributed by atoms with van der Waals surface area (Å²) in [5, 5.41) is 3.50. The molecular formula is C15H24N4O2. The first-order valence-corrected chi connectivity index (χ1v) is 7.57. The van der Waals surface area contributed by atoms with Gasteiger partial charge in [-0.2, -0.15) is 0 Å². The lowest BCUT2D eigenvalue weighted by atomic mass is 10.2. The van der Waals surface area contributed by atoms with E-state index in [4.69, 9.17) is 9.47 Å². The van der Waals surface area contributed by atoms with Crippen molar-refractivity contribution in [1.82, 2.24) is 15.3 Å². The molecule has 1 aliphatic carbocycles. The van der Waals surface area contributed by atoms with Crippen LogP contribution in [0.4, 0.5) is 5.95 Å². The fourth-order valence-corrected chi connectivity index (χ4v) is 2.71. The number of ether oxygens (including phenoxy) is 2. The minimum atomic E-state index is 0.0788. The Morgan fingerprint density at radius 2 is 1.90 bits per heavy atom. The van der Waals surface area contributed by atoms with Gasteiger partial charge in [0.2, 0.25) is 5.95 Å². The molecule has 1 saturated heterocycles. The molecule has 1 aromatic rings. The molecule has 6 heteroatoms. The van der Waals surface area contributed by atoms with Crippen LogP contribution in [0.3, 0.4) is 0 Å². The Morgan fingerprint density at radius 3 is 2.43 bits per heavy atom. The number of hydrogen-bond acceptors (Lipinski definition) is 6. The zero-order valence-corrected chi connectivity index (χ0v) is 13.0. The van der Waals surface area contributed by atoms with Crippen LogP contribution in [0.1, 0.15) is 24.1 Å². The average molecular weight is 292 g/mol. The molecule has 2 fully saturated rings. The van der Waals surface area contributed by atoms with Gasteiger partial charge < -0.3 is 19.7 Å². The van der Waals surface area contributed by atoms with Crippen LogP contribution < -0.4 is 10.2 Å². The Hall–Kier alpha value is -1.24. The van der Waals surface area contributed by atoms with Gasteiger partial charge in [-0.3, -0.25) is 0 Å². The van der Waals surface area contributed by atoms with Crippen molar-refractivity contribution in [2.45, 2.75) is 44.6 Å². The largest absolute Gasteiger partial charge is 0.377 e. The third-order valence-electron chi connectivity index (χ3n) is 4.33. The Kier molecular flexibility index (Phi) is 4.37. The van der Waals surface area contributed by atoms with Gasteiger partial charge in [-0.15, -0.1) is 0 Å². The number of rotatable bonds is 6. The molecule has 116 valence electrons. The van der Waals surface area contributed by atoms with Crippen LogP contribution in [0.25, 0.3) is 0 Å². The highest BCUT2D eigenvalue weighted by Gasteiger charge is 2.34. The third kappa shape index (κ3) is 3.33. The number of nitrogens with zero attached hydrogens (tertiary/aromatic N) is 3. The Balaban J connectivity index is 1.66. The summed E-state index contributed by atoms with van der Waals surface area (Å²) in [4.78, 5) is 11.3. The van der Waals surface area contributed by atoms with E-state index in [1.54, 1.807) is 14.2 Å². The zero-order valence-electron chi connectivity index (χ0n) is 13.0. The molecule has 0 amide bonds. The molecular weight excluding hydrogens is 268 g/mol. The second kappa shape index (κ2) is 6.25. The summed E-state index contributed by atoms with van der Waals surface area (Å²) in [6.07, 6.45) is 4.69. The van der Waals surface area contributed by atoms with Crippen molar-refractivity contribution in [3.8, 4) is 0 Å². The van der Waals surface area contributed by atoms with E-state index in [1.165, 1.54) is 18.4 Å². The lowest BCUT2D eigenvalue weighted by molar-refractivity contribution is -0.00461. The number of anilines is 1. The molecule has 21 heavy (non-hydrogen) atoms. The first-order chi connectivity index (χ1) is 10.2. The van der Waals surface area contributed by atoms with Crippen molar-refractivity contribution in [2.75, 3.05) is 32.2 Å².